The lowest BCUT2D eigenvalue weighted by Gasteiger charge is -2.09. The molecule has 0 saturated carbocycles. The van der Waals surface area contributed by atoms with Gasteiger partial charge in [0.05, 0.1) is 7.11 Å². The van der Waals surface area contributed by atoms with Crippen LogP contribution >= 0.6 is 0 Å². The molecule has 0 spiro atoms. The van der Waals surface area contributed by atoms with Crippen LogP contribution in [0.2, 0.25) is 0 Å². The van der Waals surface area contributed by atoms with Gasteiger partial charge in [-0.1, -0.05) is 12.0 Å². The van der Waals surface area contributed by atoms with Crippen LogP contribution in [0.1, 0.15) is 12.5 Å². The second kappa shape index (κ2) is 7.02. The van der Waals surface area contributed by atoms with Gasteiger partial charge in [-0.15, -0.1) is 5.92 Å². The minimum Gasteiger partial charge on any atom is -0.493 e. The quantitative estimate of drug-likeness (QED) is 0.639. The molecule has 94 valence electrons. The minimum absolute atomic E-state index is 0.263. The third-order valence-electron chi connectivity index (χ3n) is 2.08. The van der Waals surface area contributed by atoms with Crippen LogP contribution in [0.25, 0.3) is 6.08 Å². The van der Waals surface area contributed by atoms with Gasteiger partial charge in [0, 0.05) is 6.08 Å². The molecule has 4 heteroatoms. The molecule has 1 aromatic carbocycles. The van der Waals surface area contributed by atoms with Crippen molar-refractivity contribution in [3.05, 3.63) is 29.8 Å². The molecule has 1 aromatic rings. The summed E-state index contributed by atoms with van der Waals surface area (Å²) in [7, 11) is 1.54. The van der Waals surface area contributed by atoms with Crippen LogP contribution < -0.4 is 9.47 Å². The second-order valence-electron chi connectivity index (χ2n) is 3.30. The Labute approximate surface area is 106 Å². The third-order valence-corrected chi connectivity index (χ3v) is 2.08. The van der Waals surface area contributed by atoms with Crippen molar-refractivity contribution in [1.82, 2.24) is 0 Å². The van der Waals surface area contributed by atoms with Crippen LogP contribution in [0.15, 0.2) is 24.3 Å². The van der Waals surface area contributed by atoms with Gasteiger partial charge in [-0.2, -0.15) is 0 Å². The molecule has 0 aliphatic rings. The first kappa shape index (κ1) is 13.7. The highest BCUT2D eigenvalue weighted by atomic mass is 16.5. The highest BCUT2D eigenvalue weighted by Gasteiger charge is 2.04. The van der Waals surface area contributed by atoms with Crippen molar-refractivity contribution < 1.29 is 19.4 Å². The van der Waals surface area contributed by atoms with Crippen LogP contribution in [-0.4, -0.2) is 24.8 Å². The van der Waals surface area contributed by atoms with Crippen molar-refractivity contribution in [2.24, 2.45) is 0 Å². The zero-order valence-corrected chi connectivity index (χ0v) is 10.3. The zero-order chi connectivity index (χ0) is 13.4. The largest absolute Gasteiger partial charge is 0.493 e. The second-order valence-corrected chi connectivity index (χ2v) is 3.30. The van der Waals surface area contributed by atoms with E-state index in [-0.39, 0.29) is 6.61 Å². The first-order chi connectivity index (χ1) is 8.67. The Balaban J connectivity index is 2.92. The van der Waals surface area contributed by atoms with Gasteiger partial charge in [-0.3, -0.25) is 0 Å². The highest BCUT2D eigenvalue weighted by molar-refractivity contribution is 5.85. The first-order valence-corrected chi connectivity index (χ1v) is 5.29. The average Bonchev–Trinajstić information content (AvgIpc) is 2.37. The molecule has 0 fully saturated rings. The average molecular weight is 246 g/mol. The van der Waals surface area contributed by atoms with E-state index in [4.69, 9.17) is 14.6 Å². The van der Waals surface area contributed by atoms with Crippen molar-refractivity contribution in [3.63, 3.8) is 0 Å². The SMILES string of the molecule is CC#CCOc1cc(/C=C/C(=O)O)ccc1OC. The van der Waals surface area contributed by atoms with Crippen LogP contribution in [0.4, 0.5) is 0 Å². The lowest BCUT2D eigenvalue weighted by atomic mass is 10.2. The Bertz CT molecular complexity index is 506. The molecule has 0 unspecified atom stereocenters. The van der Waals surface area contributed by atoms with Crippen molar-refractivity contribution >= 4 is 12.0 Å². The van der Waals surface area contributed by atoms with Gasteiger partial charge < -0.3 is 14.6 Å². The number of carbonyl (C=O) groups is 1. The van der Waals surface area contributed by atoms with Gasteiger partial charge in [0.1, 0.15) is 6.61 Å². The Morgan fingerprint density at radius 1 is 1.44 bits per heavy atom. The fourth-order valence-corrected chi connectivity index (χ4v) is 1.26. The summed E-state index contributed by atoms with van der Waals surface area (Å²) >= 11 is 0. The number of rotatable bonds is 5. The molecular weight excluding hydrogens is 232 g/mol. The number of carboxylic acids is 1. The van der Waals surface area contributed by atoms with E-state index in [0.29, 0.717) is 11.5 Å². The van der Waals surface area contributed by atoms with E-state index in [0.717, 1.165) is 11.6 Å². The summed E-state index contributed by atoms with van der Waals surface area (Å²) in [6, 6.07) is 5.17. The van der Waals surface area contributed by atoms with Crippen LogP contribution in [-0.2, 0) is 4.79 Å². The molecule has 0 aliphatic carbocycles. The lowest BCUT2D eigenvalue weighted by molar-refractivity contribution is -0.131. The summed E-state index contributed by atoms with van der Waals surface area (Å²) < 4.78 is 10.6. The predicted octanol–water partition coefficient (Wildman–Crippen LogP) is 2.20. The number of ether oxygens (including phenoxy) is 2. The maximum atomic E-state index is 10.4. The maximum absolute atomic E-state index is 10.4. The molecule has 0 saturated heterocycles. The molecular formula is C14H14O4. The number of aliphatic carboxylic acids is 1. The van der Waals surface area contributed by atoms with Gasteiger partial charge in [-0.05, 0) is 30.7 Å². The number of benzene rings is 1. The van der Waals surface area contributed by atoms with Crippen molar-refractivity contribution in [1.29, 1.82) is 0 Å². The zero-order valence-electron chi connectivity index (χ0n) is 10.3. The number of hydrogen-bond donors (Lipinski definition) is 1. The van der Waals surface area contributed by atoms with Crippen LogP contribution in [0.5, 0.6) is 11.5 Å². The monoisotopic (exact) mass is 246 g/mol. The third kappa shape index (κ3) is 4.22. The molecule has 1 rings (SSSR count). The Morgan fingerprint density at radius 3 is 2.83 bits per heavy atom. The number of methoxy groups -OCH3 is 1. The fraction of sp³-hybridized carbons (Fsp3) is 0.214. The summed E-state index contributed by atoms with van der Waals surface area (Å²) in [5, 5.41) is 8.56. The minimum atomic E-state index is -0.995. The standard InChI is InChI=1S/C14H14O4/c1-3-4-9-18-13-10-11(6-8-14(15)16)5-7-12(13)17-2/h5-8,10H,9H2,1-2H3,(H,15,16)/b8-6+. The topological polar surface area (TPSA) is 55.8 Å². The Morgan fingerprint density at radius 2 is 2.22 bits per heavy atom. The molecule has 0 bridgehead atoms. The summed E-state index contributed by atoms with van der Waals surface area (Å²) in [5.74, 6) is 5.62. The van der Waals surface area contributed by atoms with Crippen LogP contribution in [0, 0.1) is 11.8 Å². The molecule has 0 heterocycles. The van der Waals surface area contributed by atoms with Crippen molar-refractivity contribution in [3.8, 4) is 23.3 Å². The maximum Gasteiger partial charge on any atom is 0.328 e. The Kier molecular flexibility index (Phi) is 5.33. The smallest absolute Gasteiger partial charge is 0.328 e. The van der Waals surface area contributed by atoms with Gasteiger partial charge in [-0.25, -0.2) is 4.79 Å². The molecule has 0 aromatic heterocycles. The highest BCUT2D eigenvalue weighted by Crippen LogP contribution is 2.28. The van der Waals surface area contributed by atoms with E-state index >= 15 is 0 Å². The Hall–Kier alpha value is -2.41. The fourth-order valence-electron chi connectivity index (χ4n) is 1.26. The van der Waals surface area contributed by atoms with E-state index < -0.39 is 5.97 Å². The molecule has 1 N–H and O–H groups in total. The normalized spacial score (nSPS) is 9.67. The predicted molar refractivity (Wildman–Crippen MR) is 68.6 cm³/mol. The molecule has 0 amide bonds. The van der Waals surface area contributed by atoms with Gasteiger partial charge in [0.2, 0.25) is 0 Å². The van der Waals surface area contributed by atoms with E-state index in [1.165, 1.54) is 6.08 Å². The van der Waals surface area contributed by atoms with Gasteiger partial charge in [0.25, 0.3) is 0 Å². The molecule has 4 nitrogen and oxygen atoms in total. The van der Waals surface area contributed by atoms with E-state index in [2.05, 4.69) is 11.8 Å². The number of hydrogen-bond acceptors (Lipinski definition) is 3. The van der Waals surface area contributed by atoms with Crippen LogP contribution in [0.3, 0.4) is 0 Å². The van der Waals surface area contributed by atoms with Gasteiger partial charge >= 0.3 is 5.97 Å². The van der Waals surface area contributed by atoms with Crippen molar-refractivity contribution in [2.45, 2.75) is 6.92 Å². The van der Waals surface area contributed by atoms with E-state index in [9.17, 15) is 4.79 Å². The molecule has 18 heavy (non-hydrogen) atoms. The summed E-state index contributed by atoms with van der Waals surface area (Å²) in [6.45, 7) is 1.99. The summed E-state index contributed by atoms with van der Waals surface area (Å²) in [4.78, 5) is 10.4. The summed E-state index contributed by atoms with van der Waals surface area (Å²) in [6.07, 6.45) is 2.55. The first-order valence-electron chi connectivity index (χ1n) is 5.29. The van der Waals surface area contributed by atoms with E-state index in [1.807, 2.05) is 0 Å². The molecule has 0 aliphatic heterocycles. The molecule has 0 radical (unpaired) electrons. The molecule has 0 atom stereocenters. The lowest BCUT2D eigenvalue weighted by Crippen LogP contribution is -1.97. The van der Waals surface area contributed by atoms with Gasteiger partial charge in [0.15, 0.2) is 11.5 Å². The summed E-state index contributed by atoms with van der Waals surface area (Å²) in [5.41, 5.74) is 0.720. The van der Waals surface area contributed by atoms with Crippen molar-refractivity contribution in [2.75, 3.05) is 13.7 Å². The number of carboxylic acid groups (broad SMARTS) is 1. The van der Waals surface area contributed by atoms with E-state index in [1.54, 1.807) is 32.2 Å².